The molecule has 0 spiro atoms. The molecule has 1 N–H and O–H groups in total. The first-order valence-electron chi connectivity index (χ1n) is 10.6. The molecular formula is C27H23N3O3S. The molecule has 34 heavy (non-hydrogen) atoms. The Morgan fingerprint density at radius 3 is 2.47 bits per heavy atom. The van der Waals surface area contributed by atoms with Gasteiger partial charge in [0.05, 0.1) is 12.8 Å². The number of ether oxygens (including phenoxy) is 2. The second kappa shape index (κ2) is 10.7. The van der Waals surface area contributed by atoms with Crippen LogP contribution in [-0.4, -0.2) is 17.1 Å². The van der Waals surface area contributed by atoms with Crippen molar-refractivity contribution in [2.75, 3.05) is 7.11 Å². The zero-order valence-corrected chi connectivity index (χ0v) is 19.7. The first-order valence-corrected chi connectivity index (χ1v) is 11.6. The molecule has 0 aliphatic rings. The minimum Gasteiger partial charge on any atom is -0.497 e. The molecule has 1 aromatic heterocycles. The Hall–Kier alpha value is -4.02. The number of aromatic amines is 1. The maximum absolute atomic E-state index is 12.6. The summed E-state index contributed by atoms with van der Waals surface area (Å²) in [6.45, 7) is 2.46. The number of nitrogens with zero attached hydrogens (tertiary/aromatic N) is 2. The van der Waals surface area contributed by atoms with Gasteiger partial charge in [0.25, 0.3) is 5.56 Å². The van der Waals surface area contributed by atoms with Gasteiger partial charge in [0, 0.05) is 11.3 Å². The van der Waals surface area contributed by atoms with Gasteiger partial charge >= 0.3 is 0 Å². The van der Waals surface area contributed by atoms with E-state index in [1.54, 1.807) is 7.11 Å². The van der Waals surface area contributed by atoms with Crippen LogP contribution in [0.25, 0.3) is 11.3 Å². The van der Waals surface area contributed by atoms with Crippen LogP contribution in [0.3, 0.4) is 0 Å². The van der Waals surface area contributed by atoms with Crippen LogP contribution < -0.4 is 15.0 Å². The lowest BCUT2D eigenvalue weighted by atomic mass is 10.1. The molecule has 0 saturated heterocycles. The van der Waals surface area contributed by atoms with Crippen molar-refractivity contribution in [2.24, 2.45) is 0 Å². The lowest BCUT2D eigenvalue weighted by molar-refractivity contribution is 0.306. The summed E-state index contributed by atoms with van der Waals surface area (Å²) < 4.78 is 11.2. The SMILES string of the molecule is COc1cc(C)cc(CSc2nc(-c3ccc(OCc4ccccc4)cc3)c(C#N)c(=O)[nH]2)c1. The van der Waals surface area contributed by atoms with Gasteiger partial charge in [-0.25, -0.2) is 4.98 Å². The summed E-state index contributed by atoms with van der Waals surface area (Å²) >= 11 is 1.40. The molecule has 1 heterocycles. The molecule has 0 atom stereocenters. The zero-order valence-electron chi connectivity index (χ0n) is 18.9. The first kappa shape index (κ1) is 23.1. The van der Waals surface area contributed by atoms with Crippen LogP contribution >= 0.6 is 11.8 Å². The van der Waals surface area contributed by atoms with E-state index in [2.05, 4.69) is 16.0 Å². The first-order chi connectivity index (χ1) is 16.6. The van der Waals surface area contributed by atoms with E-state index >= 15 is 0 Å². The van der Waals surface area contributed by atoms with Gasteiger partial charge in [-0.05, 0) is 60.0 Å². The normalized spacial score (nSPS) is 10.5. The summed E-state index contributed by atoms with van der Waals surface area (Å²) in [7, 11) is 1.63. The van der Waals surface area contributed by atoms with Crippen LogP contribution in [0.2, 0.25) is 0 Å². The molecule has 4 rings (SSSR count). The minimum absolute atomic E-state index is 0.0143. The second-order valence-electron chi connectivity index (χ2n) is 7.65. The van der Waals surface area contributed by atoms with Gasteiger partial charge in [0.1, 0.15) is 29.7 Å². The molecule has 3 aromatic carbocycles. The van der Waals surface area contributed by atoms with E-state index in [0.29, 0.717) is 34.5 Å². The van der Waals surface area contributed by atoms with Crippen LogP contribution in [0.5, 0.6) is 11.5 Å². The van der Waals surface area contributed by atoms with E-state index in [-0.39, 0.29) is 5.56 Å². The average molecular weight is 470 g/mol. The Balaban J connectivity index is 1.54. The fourth-order valence-corrected chi connectivity index (χ4v) is 4.25. The number of H-pyrrole nitrogens is 1. The number of nitriles is 1. The molecule has 6 nitrogen and oxygen atoms in total. The highest BCUT2D eigenvalue weighted by molar-refractivity contribution is 7.98. The van der Waals surface area contributed by atoms with Gasteiger partial charge in [-0.15, -0.1) is 0 Å². The predicted molar refractivity (Wildman–Crippen MR) is 133 cm³/mol. The van der Waals surface area contributed by atoms with Crippen LogP contribution in [0.4, 0.5) is 0 Å². The van der Waals surface area contributed by atoms with Crippen molar-refractivity contribution < 1.29 is 9.47 Å². The van der Waals surface area contributed by atoms with Gasteiger partial charge in [-0.3, -0.25) is 4.79 Å². The summed E-state index contributed by atoms with van der Waals surface area (Å²) in [5.74, 6) is 2.07. The molecular weight excluding hydrogens is 446 g/mol. The molecule has 7 heteroatoms. The summed E-state index contributed by atoms with van der Waals surface area (Å²) in [5, 5.41) is 10.0. The molecule has 0 aliphatic heterocycles. The average Bonchev–Trinajstić information content (AvgIpc) is 2.86. The van der Waals surface area contributed by atoms with Gasteiger partial charge in [-0.2, -0.15) is 5.26 Å². The van der Waals surface area contributed by atoms with E-state index < -0.39 is 5.56 Å². The third kappa shape index (κ3) is 5.66. The van der Waals surface area contributed by atoms with Crippen molar-refractivity contribution in [3.63, 3.8) is 0 Å². The molecule has 0 unspecified atom stereocenters. The van der Waals surface area contributed by atoms with Crippen molar-refractivity contribution in [1.29, 1.82) is 5.26 Å². The molecule has 0 fully saturated rings. The van der Waals surface area contributed by atoms with Crippen molar-refractivity contribution in [1.82, 2.24) is 9.97 Å². The van der Waals surface area contributed by atoms with Crippen molar-refractivity contribution in [2.45, 2.75) is 24.4 Å². The predicted octanol–water partition coefficient (Wildman–Crippen LogP) is 5.50. The van der Waals surface area contributed by atoms with Crippen LogP contribution in [0, 0.1) is 18.3 Å². The quantitative estimate of drug-likeness (QED) is 0.271. The van der Waals surface area contributed by atoms with Crippen molar-refractivity contribution in [3.05, 3.63) is 105 Å². The molecule has 0 amide bonds. The monoisotopic (exact) mass is 469 g/mol. The number of benzene rings is 3. The number of thioether (sulfide) groups is 1. The summed E-state index contributed by atoms with van der Waals surface area (Å²) in [6, 6.07) is 25.1. The zero-order chi connectivity index (χ0) is 23.9. The lowest BCUT2D eigenvalue weighted by Crippen LogP contribution is -2.14. The topological polar surface area (TPSA) is 88.0 Å². The van der Waals surface area contributed by atoms with Crippen LogP contribution in [0.15, 0.2) is 82.7 Å². The Morgan fingerprint density at radius 1 is 1.00 bits per heavy atom. The third-order valence-corrected chi connectivity index (χ3v) is 6.05. The second-order valence-corrected chi connectivity index (χ2v) is 8.62. The van der Waals surface area contributed by atoms with Gasteiger partial charge in [-0.1, -0.05) is 48.2 Å². The number of rotatable bonds is 8. The van der Waals surface area contributed by atoms with Crippen LogP contribution in [-0.2, 0) is 12.4 Å². The van der Waals surface area contributed by atoms with Crippen LogP contribution in [0.1, 0.15) is 22.3 Å². The largest absolute Gasteiger partial charge is 0.497 e. The number of aromatic nitrogens is 2. The molecule has 0 aliphatic carbocycles. The molecule has 0 saturated carbocycles. The van der Waals surface area contributed by atoms with E-state index in [9.17, 15) is 10.1 Å². The maximum Gasteiger partial charge on any atom is 0.270 e. The smallest absolute Gasteiger partial charge is 0.270 e. The van der Waals surface area contributed by atoms with Crippen molar-refractivity contribution in [3.8, 4) is 28.8 Å². The number of methoxy groups -OCH3 is 1. The standard InChI is InChI=1S/C27H23N3O3S/c1-18-12-20(14-23(13-18)32-2)17-34-27-29-25(24(15-28)26(31)30-27)21-8-10-22(11-9-21)33-16-19-6-4-3-5-7-19/h3-14H,16-17H2,1-2H3,(H,29,30,31). The van der Waals surface area contributed by atoms with E-state index in [1.165, 1.54) is 11.8 Å². The maximum atomic E-state index is 12.6. The lowest BCUT2D eigenvalue weighted by Gasteiger charge is -2.10. The fraction of sp³-hybridized carbons (Fsp3) is 0.148. The Kier molecular flexibility index (Phi) is 7.31. The summed E-state index contributed by atoms with van der Waals surface area (Å²) in [4.78, 5) is 19.9. The number of hydrogen-bond donors (Lipinski definition) is 1. The highest BCUT2D eigenvalue weighted by atomic mass is 32.2. The number of hydrogen-bond acceptors (Lipinski definition) is 6. The van der Waals surface area contributed by atoms with E-state index in [4.69, 9.17) is 9.47 Å². The molecule has 0 radical (unpaired) electrons. The van der Waals surface area contributed by atoms with Gasteiger partial charge in [0.2, 0.25) is 0 Å². The fourth-order valence-electron chi connectivity index (χ4n) is 3.46. The van der Waals surface area contributed by atoms with E-state index in [1.807, 2.05) is 79.7 Å². The highest BCUT2D eigenvalue weighted by Crippen LogP contribution is 2.27. The Morgan fingerprint density at radius 2 is 1.76 bits per heavy atom. The number of nitrogens with one attached hydrogen (secondary N) is 1. The summed E-state index contributed by atoms with van der Waals surface area (Å²) in [5.41, 5.74) is 3.77. The number of aryl methyl sites for hydroxylation is 1. The Bertz CT molecular complexity index is 1380. The molecule has 4 aromatic rings. The van der Waals surface area contributed by atoms with Gasteiger partial charge < -0.3 is 14.5 Å². The van der Waals surface area contributed by atoms with Crippen molar-refractivity contribution >= 4 is 11.8 Å². The summed E-state index contributed by atoms with van der Waals surface area (Å²) in [6.07, 6.45) is 0. The Labute approximate surface area is 202 Å². The van der Waals surface area contributed by atoms with E-state index in [0.717, 1.165) is 22.4 Å². The molecule has 0 bridgehead atoms. The molecule has 170 valence electrons. The van der Waals surface area contributed by atoms with Gasteiger partial charge in [0.15, 0.2) is 5.16 Å². The third-order valence-electron chi connectivity index (χ3n) is 5.11. The minimum atomic E-state index is -0.457. The highest BCUT2D eigenvalue weighted by Gasteiger charge is 2.14.